The van der Waals surface area contributed by atoms with Gasteiger partial charge < -0.3 is 0 Å². The third-order valence-corrected chi connectivity index (χ3v) is 8.00. The van der Waals surface area contributed by atoms with Gasteiger partial charge >= 0.3 is 0 Å². The number of carbonyl (C=O) groups is 1. The molecule has 7 heteroatoms. The molecule has 0 saturated heterocycles. The number of nitrogens with one attached hydrogen (secondary N) is 1. The lowest BCUT2D eigenvalue weighted by Gasteiger charge is -2.27. The van der Waals surface area contributed by atoms with E-state index < -0.39 is 15.6 Å². The van der Waals surface area contributed by atoms with E-state index in [4.69, 9.17) is 4.99 Å². The molecule has 0 bridgehead atoms. The molecule has 5 rings (SSSR count). The highest BCUT2D eigenvalue weighted by atomic mass is 32.2. The lowest BCUT2D eigenvalue weighted by atomic mass is 9.84. The Morgan fingerprint density at radius 1 is 0.711 bits per heavy atom. The number of amides is 1. The molecule has 192 valence electrons. The molecule has 0 aliphatic carbocycles. The summed E-state index contributed by atoms with van der Waals surface area (Å²) in [6.45, 7) is 3.85. The van der Waals surface area contributed by atoms with Crippen LogP contribution in [0.2, 0.25) is 0 Å². The van der Waals surface area contributed by atoms with Crippen LogP contribution in [0, 0.1) is 13.8 Å². The number of sulfonamides is 1. The summed E-state index contributed by atoms with van der Waals surface area (Å²) in [5.41, 5.74) is 3.16. The molecule has 1 N–H and O–H groups in total. The SMILES string of the molecule is Cc1ccc(N2C(=O)C(Cc3ccccc3)(Cc3ccccc3)N=C2NS(=O)(=O)c2ccc(C)cc2)cc1. The first-order valence-corrected chi connectivity index (χ1v) is 13.9. The molecule has 0 unspecified atom stereocenters. The van der Waals surface area contributed by atoms with Crippen molar-refractivity contribution in [3.8, 4) is 0 Å². The van der Waals surface area contributed by atoms with E-state index in [-0.39, 0.29) is 16.8 Å². The van der Waals surface area contributed by atoms with Crippen molar-refractivity contribution < 1.29 is 13.2 Å². The molecular formula is C31H29N3O3S. The van der Waals surface area contributed by atoms with Crippen LogP contribution in [0.3, 0.4) is 0 Å². The number of carbonyl (C=O) groups excluding carboxylic acids is 1. The summed E-state index contributed by atoms with van der Waals surface area (Å²) in [7, 11) is -4.00. The smallest absolute Gasteiger partial charge is 0.264 e. The van der Waals surface area contributed by atoms with Gasteiger partial charge in [-0.25, -0.2) is 23.0 Å². The number of guanidine groups is 1. The third kappa shape index (κ3) is 5.24. The van der Waals surface area contributed by atoms with E-state index in [0.717, 1.165) is 22.3 Å². The number of rotatable bonds is 7. The average molecular weight is 524 g/mol. The van der Waals surface area contributed by atoms with Gasteiger partial charge in [-0.1, -0.05) is 96.1 Å². The maximum atomic E-state index is 14.4. The van der Waals surface area contributed by atoms with E-state index in [9.17, 15) is 13.2 Å². The summed E-state index contributed by atoms with van der Waals surface area (Å²) >= 11 is 0. The van der Waals surface area contributed by atoms with Gasteiger partial charge in [0.2, 0.25) is 5.96 Å². The lowest BCUT2D eigenvalue weighted by molar-refractivity contribution is -0.121. The van der Waals surface area contributed by atoms with Crippen LogP contribution in [0.25, 0.3) is 0 Å². The van der Waals surface area contributed by atoms with Gasteiger partial charge in [0.05, 0.1) is 10.6 Å². The van der Waals surface area contributed by atoms with Crippen LogP contribution in [0.5, 0.6) is 0 Å². The van der Waals surface area contributed by atoms with Gasteiger partial charge in [0, 0.05) is 12.8 Å². The summed E-state index contributed by atoms with van der Waals surface area (Å²) in [5.74, 6) is -0.290. The molecule has 0 spiro atoms. The van der Waals surface area contributed by atoms with E-state index in [1.54, 1.807) is 24.3 Å². The van der Waals surface area contributed by atoms with E-state index in [1.807, 2.05) is 98.8 Å². The van der Waals surface area contributed by atoms with Gasteiger partial charge in [0.1, 0.15) is 0 Å². The molecule has 1 aliphatic rings. The van der Waals surface area contributed by atoms with Gasteiger partial charge in [0.25, 0.3) is 15.9 Å². The van der Waals surface area contributed by atoms with Crippen molar-refractivity contribution in [3.63, 3.8) is 0 Å². The first-order chi connectivity index (χ1) is 18.3. The van der Waals surface area contributed by atoms with Crippen molar-refractivity contribution in [2.75, 3.05) is 4.90 Å². The fourth-order valence-electron chi connectivity index (χ4n) is 4.66. The zero-order chi connectivity index (χ0) is 26.8. The number of aryl methyl sites for hydroxylation is 2. The number of benzene rings is 4. The fraction of sp³-hybridized carbons (Fsp3) is 0.161. The highest BCUT2D eigenvalue weighted by molar-refractivity contribution is 7.90. The second-order valence-electron chi connectivity index (χ2n) is 9.69. The van der Waals surface area contributed by atoms with Gasteiger partial charge in [0.15, 0.2) is 5.54 Å². The zero-order valence-electron chi connectivity index (χ0n) is 21.3. The molecule has 0 aromatic heterocycles. The van der Waals surface area contributed by atoms with E-state index in [1.165, 1.54) is 4.90 Å². The van der Waals surface area contributed by atoms with Crippen molar-refractivity contribution in [3.05, 3.63) is 131 Å². The highest BCUT2D eigenvalue weighted by Gasteiger charge is 2.50. The standard InChI is InChI=1S/C31H29N3O3S/c1-23-13-17-27(18-14-23)34-29(35)31(21-25-9-5-3-6-10-25,22-26-11-7-4-8-12-26)32-30(34)33-38(36,37)28-19-15-24(2)16-20-28/h3-20H,21-22H2,1-2H3,(H,32,33). The van der Waals surface area contributed by atoms with Gasteiger partial charge in [-0.05, 0) is 49.2 Å². The van der Waals surface area contributed by atoms with Crippen molar-refractivity contribution in [1.29, 1.82) is 0 Å². The monoisotopic (exact) mass is 523 g/mol. The Morgan fingerprint density at radius 2 is 1.18 bits per heavy atom. The van der Waals surface area contributed by atoms with E-state index in [0.29, 0.717) is 18.5 Å². The number of hydrogen-bond donors (Lipinski definition) is 1. The van der Waals surface area contributed by atoms with Crippen LogP contribution >= 0.6 is 0 Å². The van der Waals surface area contributed by atoms with Crippen LogP contribution in [-0.4, -0.2) is 25.8 Å². The lowest BCUT2D eigenvalue weighted by Crippen LogP contribution is -2.48. The van der Waals surface area contributed by atoms with Crippen LogP contribution in [0.15, 0.2) is 119 Å². The zero-order valence-corrected chi connectivity index (χ0v) is 22.2. The number of aliphatic imine (C=N–C) groups is 1. The summed E-state index contributed by atoms with van der Waals surface area (Å²) in [4.78, 5) is 20.8. The Balaban J connectivity index is 1.63. The Bertz CT molecular complexity index is 1520. The minimum Gasteiger partial charge on any atom is -0.271 e. The van der Waals surface area contributed by atoms with Crippen LogP contribution in [0.4, 0.5) is 5.69 Å². The Morgan fingerprint density at radius 3 is 1.68 bits per heavy atom. The van der Waals surface area contributed by atoms with Crippen LogP contribution in [0.1, 0.15) is 22.3 Å². The molecule has 4 aromatic carbocycles. The summed E-state index contributed by atoms with van der Waals surface area (Å²) in [5, 5.41) is 0. The molecule has 4 aromatic rings. The summed E-state index contributed by atoms with van der Waals surface area (Å²) < 4.78 is 29.5. The Labute approximate surface area is 223 Å². The summed E-state index contributed by atoms with van der Waals surface area (Å²) in [6.07, 6.45) is 0.638. The van der Waals surface area contributed by atoms with Crippen molar-refractivity contribution in [2.45, 2.75) is 37.1 Å². The van der Waals surface area contributed by atoms with Gasteiger partial charge in [-0.3, -0.25) is 4.79 Å². The molecule has 1 amide bonds. The first kappa shape index (κ1) is 25.4. The molecule has 38 heavy (non-hydrogen) atoms. The second-order valence-corrected chi connectivity index (χ2v) is 11.4. The highest BCUT2D eigenvalue weighted by Crippen LogP contribution is 2.34. The average Bonchev–Trinajstić information content (AvgIpc) is 3.15. The quantitative estimate of drug-likeness (QED) is 0.361. The molecule has 1 aliphatic heterocycles. The normalized spacial score (nSPS) is 14.8. The maximum Gasteiger partial charge on any atom is 0.264 e. The maximum absolute atomic E-state index is 14.4. The van der Waals surface area contributed by atoms with Crippen molar-refractivity contribution in [1.82, 2.24) is 4.72 Å². The number of hydrogen-bond acceptors (Lipinski definition) is 4. The minimum absolute atomic E-state index is 0.00806. The van der Waals surface area contributed by atoms with E-state index >= 15 is 0 Å². The molecule has 0 atom stereocenters. The van der Waals surface area contributed by atoms with Crippen LogP contribution < -0.4 is 9.62 Å². The number of anilines is 1. The van der Waals surface area contributed by atoms with Gasteiger partial charge in [-0.15, -0.1) is 0 Å². The topological polar surface area (TPSA) is 78.8 Å². The van der Waals surface area contributed by atoms with E-state index in [2.05, 4.69) is 4.72 Å². The minimum atomic E-state index is -4.00. The molecule has 0 fully saturated rings. The number of nitrogens with zero attached hydrogens (tertiary/aromatic N) is 2. The fourth-order valence-corrected chi connectivity index (χ4v) is 5.65. The Hall–Kier alpha value is -4.23. The second kappa shape index (κ2) is 10.3. The largest absolute Gasteiger partial charge is 0.271 e. The van der Waals surface area contributed by atoms with Crippen molar-refractivity contribution in [2.24, 2.45) is 4.99 Å². The van der Waals surface area contributed by atoms with Crippen molar-refractivity contribution >= 4 is 27.6 Å². The molecule has 6 nitrogen and oxygen atoms in total. The molecular weight excluding hydrogens is 494 g/mol. The first-order valence-electron chi connectivity index (χ1n) is 12.4. The summed E-state index contributed by atoms with van der Waals surface area (Å²) in [6, 6.07) is 33.4. The third-order valence-electron chi connectivity index (χ3n) is 6.66. The Kier molecular flexibility index (Phi) is 6.87. The molecule has 0 radical (unpaired) electrons. The predicted molar refractivity (Wildman–Crippen MR) is 151 cm³/mol. The molecule has 0 saturated carbocycles. The van der Waals surface area contributed by atoms with Crippen LogP contribution in [-0.2, 0) is 27.7 Å². The molecule has 1 heterocycles. The van der Waals surface area contributed by atoms with Gasteiger partial charge in [-0.2, -0.15) is 0 Å². The predicted octanol–water partition coefficient (Wildman–Crippen LogP) is 5.21.